The lowest BCUT2D eigenvalue weighted by Crippen LogP contribution is -2.39. The topological polar surface area (TPSA) is 67.2 Å². The van der Waals surface area contributed by atoms with Crippen molar-refractivity contribution in [3.8, 4) is 5.69 Å². The minimum atomic E-state index is -0.318. The van der Waals surface area contributed by atoms with Crippen molar-refractivity contribution in [3.63, 3.8) is 0 Å². The van der Waals surface area contributed by atoms with Gasteiger partial charge in [-0.15, -0.1) is 0 Å². The highest BCUT2D eigenvalue weighted by atomic mass is 35.5. The van der Waals surface area contributed by atoms with Gasteiger partial charge < -0.3 is 10.2 Å². The van der Waals surface area contributed by atoms with Crippen LogP contribution >= 0.6 is 23.2 Å². The minimum absolute atomic E-state index is 0.116. The van der Waals surface area contributed by atoms with Crippen LogP contribution in [0.25, 0.3) is 5.69 Å². The lowest BCUT2D eigenvalue weighted by Gasteiger charge is -2.22. The van der Waals surface area contributed by atoms with Crippen LogP contribution in [-0.2, 0) is 10.2 Å². The molecule has 1 N–H and O–H groups in total. The van der Waals surface area contributed by atoms with Gasteiger partial charge in [-0.1, -0.05) is 69.1 Å². The van der Waals surface area contributed by atoms with E-state index in [9.17, 15) is 9.59 Å². The summed E-state index contributed by atoms with van der Waals surface area (Å²) in [7, 11) is 0. The number of benzene rings is 2. The highest BCUT2D eigenvalue weighted by molar-refractivity contribution is 6.36. The van der Waals surface area contributed by atoms with Crippen LogP contribution in [0.5, 0.6) is 0 Å². The van der Waals surface area contributed by atoms with E-state index < -0.39 is 0 Å². The third-order valence-electron chi connectivity index (χ3n) is 5.37. The highest BCUT2D eigenvalue weighted by Crippen LogP contribution is 2.27. The van der Waals surface area contributed by atoms with Gasteiger partial charge in [-0.3, -0.25) is 9.59 Å². The van der Waals surface area contributed by atoms with E-state index in [4.69, 9.17) is 28.3 Å². The molecule has 3 aromatic rings. The zero-order valence-corrected chi connectivity index (χ0v) is 21.7. The smallest absolute Gasteiger partial charge is 0.255 e. The molecular weight excluding hydrogens is 471 g/mol. The summed E-state index contributed by atoms with van der Waals surface area (Å²) in [6.45, 7) is 10.5. The standard InChI is InChI=1S/C26H30Cl2N4O2/c1-6-13-31(25(34)19-12-11-18(27)14-20(19)28)16-24(33)29-23-15-22(26(3,4)5)30-32(23)21-10-8-7-9-17(21)2/h7-12,14-15H,6,13,16H2,1-5H3,(H,29,33). The van der Waals surface area contributed by atoms with E-state index in [0.29, 0.717) is 29.4 Å². The van der Waals surface area contributed by atoms with Crippen LogP contribution in [0.4, 0.5) is 5.82 Å². The molecule has 2 aromatic carbocycles. The Bertz CT molecular complexity index is 1200. The lowest BCUT2D eigenvalue weighted by atomic mass is 9.92. The third kappa shape index (κ3) is 5.99. The maximum Gasteiger partial charge on any atom is 0.255 e. The first kappa shape index (κ1) is 25.8. The molecule has 0 aliphatic heterocycles. The molecule has 0 aliphatic carbocycles. The van der Waals surface area contributed by atoms with Gasteiger partial charge in [0.2, 0.25) is 5.91 Å². The number of aromatic nitrogens is 2. The number of carbonyl (C=O) groups is 2. The molecule has 0 radical (unpaired) electrons. The Kier molecular flexibility index (Phi) is 8.05. The first-order valence-corrected chi connectivity index (χ1v) is 12.0. The average Bonchev–Trinajstić information content (AvgIpc) is 3.17. The van der Waals surface area contributed by atoms with Crippen molar-refractivity contribution in [1.29, 1.82) is 0 Å². The Morgan fingerprint density at radius 3 is 2.41 bits per heavy atom. The summed E-state index contributed by atoms with van der Waals surface area (Å²) in [4.78, 5) is 27.7. The van der Waals surface area contributed by atoms with E-state index in [1.54, 1.807) is 16.8 Å². The van der Waals surface area contributed by atoms with Gasteiger partial charge in [0, 0.05) is 23.0 Å². The largest absolute Gasteiger partial charge is 0.329 e. The second-order valence-electron chi connectivity index (χ2n) is 9.26. The van der Waals surface area contributed by atoms with Crippen molar-refractivity contribution >= 4 is 40.8 Å². The lowest BCUT2D eigenvalue weighted by molar-refractivity contribution is -0.116. The van der Waals surface area contributed by atoms with E-state index in [-0.39, 0.29) is 28.8 Å². The molecule has 180 valence electrons. The molecule has 0 saturated carbocycles. The molecule has 2 amide bonds. The Hall–Kier alpha value is -2.83. The fraction of sp³-hybridized carbons (Fsp3) is 0.346. The summed E-state index contributed by atoms with van der Waals surface area (Å²) in [5.74, 6) is -0.0822. The summed E-state index contributed by atoms with van der Waals surface area (Å²) in [6, 6.07) is 14.4. The van der Waals surface area contributed by atoms with Crippen LogP contribution in [0.1, 0.15) is 55.7 Å². The number of nitrogens with zero attached hydrogens (tertiary/aromatic N) is 3. The molecular formula is C26H30Cl2N4O2. The van der Waals surface area contributed by atoms with Crippen LogP contribution in [0.15, 0.2) is 48.5 Å². The summed E-state index contributed by atoms with van der Waals surface area (Å²) in [6.07, 6.45) is 0.694. The molecule has 6 nitrogen and oxygen atoms in total. The van der Waals surface area contributed by atoms with Crippen LogP contribution in [0.3, 0.4) is 0 Å². The second kappa shape index (κ2) is 10.6. The number of para-hydroxylation sites is 1. The van der Waals surface area contributed by atoms with Crippen molar-refractivity contribution in [2.24, 2.45) is 0 Å². The van der Waals surface area contributed by atoms with Gasteiger partial charge in [0.1, 0.15) is 12.4 Å². The van der Waals surface area contributed by atoms with E-state index in [2.05, 4.69) is 26.1 Å². The Morgan fingerprint density at radius 1 is 1.09 bits per heavy atom. The molecule has 0 unspecified atom stereocenters. The zero-order chi connectivity index (χ0) is 25.0. The first-order valence-electron chi connectivity index (χ1n) is 11.2. The van der Waals surface area contributed by atoms with Gasteiger partial charge in [-0.05, 0) is 43.2 Å². The average molecular weight is 501 g/mol. The molecule has 0 bridgehead atoms. The van der Waals surface area contributed by atoms with Crippen LogP contribution in [0, 0.1) is 6.92 Å². The number of hydrogen-bond acceptors (Lipinski definition) is 3. The maximum atomic E-state index is 13.1. The maximum absolute atomic E-state index is 13.1. The van der Waals surface area contributed by atoms with Crippen molar-refractivity contribution in [3.05, 3.63) is 75.4 Å². The van der Waals surface area contributed by atoms with Gasteiger partial charge in [-0.2, -0.15) is 5.10 Å². The number of amides is 2. The normalized spacial score (nSPS) is 11.4. The van der Waals surface area contributed by atoms with Gasteiger partial charge in [0.25, 0.3) is 5.91 Å². The Labute approximate surface area is 210 Å². The predicted molar refractivity (Wildman–Crippen MR) is 138 cm³/mol. The molecule has 1 heterocycles. The number of hydrogen-bond donors (Lipinski definition) is 1. The molecule has 34 heavy (non-hydrogen) atoms. The van der Waals surface area contributed by atoms with Crippen LogP contribution < -0.4 is 5.32 Å². The van der Waals surface area contributed by atoms with Gasteiger partial charge in [0.05, 0.1) is 22.0 Å². The van der Waals surface area contributed by atoms with Crippen LogP contribution in [-0.4, -0.2) is 39.6 Å². The van der Waals surface area contributed by atoms with E-state index >= 15 is 0 Å². The number of aryl methyl sites for hydroxylation is 1. The quantitative estimate of drug-likeness (QED) is 0.415. The first-order chi connectivity index (χ1) is 16.0. The van der Waals surface area contributed by atoms with Crippen LogP contribution in [0.2, 0.25) is 10.0 Å². The number of nitrogens with one attached hydrogen (secondary N) is 1. The fourth-order valence-electron chi connectivity index (χ4n) is 3.53. The molecule has 1 aromatic heterocycles. The molecule has 3 rings (SSSR count). The summed E-state index contributed by atoms with van der Waals surface area (Å²) in [5, 5.41) is 8.44. The molecule has 8 heteroatoms. The predicted octanol–water partition coefficient (Wildman–Crippen LogP) is 6.28. The molecule has 0 aliphatic rings. The minimum Gasteiger partial charge on any atom is -0.329 e. The molecule has 0 fully saturated rings. The van der Waals surface area contributed by atoms with Gasteiger partial charge in [-0.25, -0.2) is 4.68 Å². The van der Waals surface area contributed by atoms with Crippen molar-refractivity contribution in [1.82, 2.24) is 14.7 Å². The van der Waals surface area contributed by atoms with E-state index in [0.717, 1.165) is 16.9 Å². The number of halogens is 2. The van der Waals surface area contributed by atoms with Crippen molar-refractivity contribution in [2.75, 3.05) is 18.4 Å². The van der Waals surface area contributed by atoms with Crippen molar-refractivity contribution < 1.29 is 9.59 Å². The summed E-state index contributed by atoms with van der Waals surface area (Å²) in [5.41, 5.74) is 2.86. The van der Waals surface area contributed by atoms with Crippen molar-refractivity contribution in [2.45, 2.75) is 46.5 Å². The number of rotatable bonds is 7. The highest BCUT2D eigenvalue weighted by Gasteiger charge is 2.24. The Morgan fingerprint density at radius 2 is 1.79 bits per heavy atom. The molecule has 0 atom stereocenters. The third-order valence-corrected chi connectivity index (χ3v) is 5.91. The number of carbonyl (C=O) groups excluding carboxylic acids is 2. The van der Waals surface area contributed by atoms with Gasteiger partial charge >= 0.3 is 0 Å². The SMILES string of the molecule is CCCN(CC(=O)Nc1cc(C(C)(C)C)nn1-c1ccccc1C)C(=O)c1ccc(Cl)cc1Cl. The molecule has 0 spiro atoms. The Balaban J connectivity index is 1.88. The van der Waals surface area contributed by atoms with Gasteiger partial charge in [0.15, 0.2) is 0 Å². The van der Waals surface area contributed by atoms with E-state index in [1.807, 2.05) is 44.2 Å². The second-order valence-corrected chi connectivity index (χ2v) is 10.1. The molecule has 0 saturated heterocycles. The number of anilines is 1. The monoisotopic (exact) mass is 500 g/mol. The van der Waals surface area contributed by atoms with E-state index in [1.165, 1.54) is 11.0 Å². The summed E-state index contributed by atoms with van der Waals surface area (Å²) < 4.78 is 1.75. The summed E-state index contributed by atoms with van der Waals surface area (Å²) >= 11 is 12.2. The fourth-order valence-corrected chi connectivity index (χ4v) is 4.02. The zero-order valence-electron chi connectivity index (χ0n) is 20.2.